The summed E-state index contributed by atoms with van der Waals surface area (Å²) in [5, 5.41) is 0. The molecule has 0 heterocycles. The van der Waals surface area contributed by atoms with Crippen LogP contribution in [0.2, 0.25) is 0 Å². The van der Waals surface area contributed by atoms with E-state index in [1.807, 2.05) is 52.8 Å². The second kappa shape index (κ2) is 5.51. The zero-order valence-electron chi connectivity index (χ0n) is 12.7. The summed E-state index contributed by atoms with van der Waals surface area (Å²) in [6.07, 6.45) is -0.334. The molecular weight excluding hydrogens is 240 g/mol. The number of benzene rings is 1. The van der Waals surface area contributed by atoms with Crippen LogP contribution in [0.4, 0.5) is 10.5 Å². The SMILES string of the molecule is Cc1ccc(C(C)N(C)C(=O)OC(C)(C)C)cc1N. The van der Waals surface area contributed by atoms with E-state index in [0.717, 1.165) is 16.8 Å². The molecule has 1 unspecified atom stereocenters. The second-order valence-electron chi connectivity index (χ2n) is 5.88. The van der Waals surface area contributed by atoms with Crippen LogP contribution in [0.1, 0.15) is 44.9 Å². The van der Waals surface area contributed by atoms with Gasteiger partial charge >= 0.3 is 6.09 Å². The smallest absolute Gasteiger partial charge is 0.410 e. The molecule has 0 radical (unpaired) electrons. The quantitative estimate of drug-likeness (QED) is 0.832. The monoisotopic (exact) mass is 264 g/mol. The molecule has 4 heteroatoms. The minimum Gasteiger partial charge on any atom is -0.444 e. The summed E-state index contributed by atoms with van der Waals surface area (Å²) < 4.78 is 5.35. The summed E-state index contributed by atoms with van der Waals surface area (Å²) in [4.78, 5) is 13.6. The van der Waals surface area contributed by atoms with Gasteiger partial charge in [0.2, 0.25) is 0 Å². The van der Waals surface area contributed by atoms with Gasteiger partial charge < -0.3 is 15.4 Å². The predicted molar refractivity (Wildman–Crippen MR) is 78.0 cm³/mol. The Labute approximate surface area is 115 Å². The van der Waals surface area contributed by atoms with Crippen molar-refractivity contribution in [2.24, 2.45) is 0 Å². The molecule has 0 aliphatic heterocycles. The third-order valence-electron chi connectivity index (χ3n) is 3.05. The number of carbonyl (C=O) groups excluding carboxylic acids is 1. The van der Waals surface area contributed by atoms with Crippen LogP contribution >= 0.6 is 0 Å². The van der Waals surface area contributed by atoms with Crippen LogP contribution in [-0.4, -0.2) is 23.6 Å². The van der Waals surface area contributed by atoms with Crippen LogP contribution in [0.25, 0.3) is 0 Å². The van der Waals surface area contributed by atoms with Gasteiger partial charge in [-0.05, 0) is 51.8 Å². The molecule has 106 valence electrons. The Morgan fingerprint density at radius 2 is 1.95 bits per heavy atom. The van der Waals surface area contributed by atoms with E-state index in [2.05, 4.69) is 0 Å². The van der Waals surface area contributed by atoms with Crippen molar-refractivity contribution >= 4 is 11.8 Å². The van der Waals surface area contributed by atoms with E-state index >= 15 is 0 Å². The average molecular weight is 264 g/mol. The van der Waals surface area contributed by atoms with E-state index in [1.54, 1.807) is 11.9 Å². The fourth-order valence-corrected chi connectivity index (χ4v) is 1.63. The lowest BCUT2D eigenvalue weighted by Gasteiger charge is -2.29. The molecule has 0 aromatic heterocycles. The summed E-state index contributed by atoms with van der Waals surface area (Å²) in [5.74, 6) is 0. The molecule has 0 spiro atoms. The highest BCUT2D eigenvalue weighted by Gasteiger charge is 2.23. The van der Waals surface area contributed by atoms with Gasteiger partial charge in [0, 0.05) is 12.7 Å². The van der Waals surface area contributed by atoms with E-state index in [4.69, 9.17) is 10.5 Å². The first-order valence-electron chi connectivity index (χ1n) is 6.43. The zero-order valence-corrected chi connectivity index (χ0v) is 12.7. The summed E-state index contributed by atoms with van der Waals surface area (Å²) in [6.45, 7) is 9.48. The molecule has 1 aromatic carbocycles. The number of hydrogen-bond donors (Lipinski definition) is 1. The van der Waals surface area contributed by atoms with Crippen molar-refractivity contribution in [1.29, 1.82) is 0 Å². The molecule has 19 heavy (non-hydrogen) atoms. The molecule has 1 rings (SSSR count). The number of nitrogens with zero attached hydrogens (tertiary/aromatic N) is 1. The maximum atomic E-state index is 12.0. The molecule has 2 N–H and O–H groups in total. The first kappa shape index (κ1) is 15.3. The van der Waals surface area contributed by atoms with Crippen LogP contribution in [0, 0.1) is 6.92 Å². The molecule has 0 saturated carbocycles. The van der Waals surface area contributed by atoms with Gasteiger partial charge in [-0.25, -0.2) is 4.79 Å². The molecule has 0 saturated heterocycles. The third kappa shape index (κ3) is 4.16. The summed E-state index contributed by atoms with van der Waals surface area (Å²) in [6, 6.07) is 5.76. The molecule has 0 bridgehead atoms. The minimum absolute atomic E-state index is 0.0854. The predicted octanol–water partition coefficient (Wildman–Crippen LogP) is 3.51. The number of nitrogen functional groups attached to an aromatic ring is 1. The maximum absolute atomic E-state index is 12.0. The lowest BCUT2D eigenvalue weighted by molar-refractivity contribution is 0.0234. The fraction of sp³-hybridized carbons (Fsp3) is 0.533. The van der Waals surface area contributed by atoms with Gasteiger partial charge in [-0.15, -0.1) is 0 Å². The van der Waals surface area contributed by atoms with Crippen molar-refractivity contribution in [3.8, 4) is 0 Å². The van der Waals surface area contributed by atoms with Crippen LogP contribution < -0.4 is 5.73 Å². The van der Waals surface area contributed by atoms with Gasteiger partial charge in [-0.2, -0.15) is 0 Å². The zero-order chi connectivity index (χ0) is 14.8. The Hall–Kier alpha value is -1.71. The lowest BCUT2D eigenvalue weighted by atomic mass is 10.0. The highest BCUT2D eigenvalue weighted by molar-refractivity contribution is 5.68. The minimum atomic E-state index is -0.489. The van der Waals surface area contributed by atoms with E-state index < -0.39 is 5.60 Å². The Kier molecular flexibility index (Phi) is 4.45. The highest BCUT2D eigenvalue weighted by atomic mass is 16.6. The standard InChI is InChI=1S/C15H24N2O2/c1-10-7-8-12(9-13(10)16)11(2)17(6)14(18)19-15(3,4)5/h7-9,11H,16H2,1-6H3. The van der Waals surface area contributed by atoms with Gasteiger partial charge in [-0.1, -0.05) is 12.1 Å². The molecule has 1 amide bonds. The summed E-state index contributed by atoms with van der Waals surface area (Å²) in [7, 11) is 1.73. The largest absolute Gasteiger partial charge is 0.444 e. The summed E-state index contributed by atoms with van der Waals surface area (Å²) in [5.41, 5.74) is 8.19. The van der Waals surface area contributed by atoms with Crippen LogP contribution in [0.3, 0.4) is 0 Å². The van der Waals surface area contributed by atoms with E-state index in [-0.39, 0.29) is 12.1 Å². The molecule has 0 aliphatic carbocycles. The Bertz CT molecular complexity index is 464. The van der Waals surface area contributed by atoms with Gasteiger partial charge in [0.15, 0.2) is 0 Å². The number of amides is 1. The van der Waals surface area contributed by atoms with Crippen molar-refractivity contribution in [1.82, 2.24) is 4.90 Å². The van der Waals surface area contributed by atoms with Gasteiger partial charge in [-0.3, -0.25) is 0 Å². The first-order valence-corrected chi connectivity index (χ1v) is 6.43. The van der Waals surface area contributed by atoms with E-state index in [9.17, 15) is 4.79 Å². The number of ether oxygens (including phenoxy) is 1. The molecule has 1 atom stereocenters. The Morgan fingerprint density at radius 3 is 2.42 bits per heavy atom. The first-order chi connectivity index (χ1) is 8.61. The lowest BCUT2D eigenvalue weighted by Crippen LogP contribution is -2.35. The Balaban J connectivity index is 2.84. The number of carbonyl (C=O) groups is 1. The van der Waals surface area contributed by atoms with Crippen molar-refractivity contribution in [3.63, 3.8) is 0 Å². The maximum Gasteiger partial charge on any atom is 0.410 e. The molecular formula is C15H24N2O2. The van der Waals surface area contributed by atoms with Crippen molar-refractivity contribution in [2.75, 3.05) is 12.8 Å². The van der Waals surface area contributed by atoms with Crippen molar-refractivity contribution < 1.29 is 9.53 Å². The number of rotatable bonds is 2. The highest BCUT2D eigenvalue weighted by Crippen LogP contribution is 2.24. The van der Waals surface area contributed by atoms with Crippen molar-refractivity contribution in [2.45, 2.75) is 46.3 Å². The number of nitrogens with two attached hydrogens (primary N) is 1. The number of aryl methyl sites for hydroxylation is 1. The molecule has 1 aromatic rings. The number of hydrogen-bond acceptors (Lipinski definition) is 3. The van der Waals surface area contributed by atoms with E-state index in [1.165, 1.54) is 0 Å². The molecule has 0 aliphatic rings. The number of anilines is 1. The second-order valence-corrected chi connectivity index (χ2v) is 5.88. The van der Waals surface area contributed by atoms with Crippen molar-refractivity contribution in [3.05, 3.63) is 29.3 Å². The third-order valence-corrected chi connectivity index (χ3v) is 3.05. The van der Waals surface area contributed by atoms with Crippen LogP contribution in [0.15, 0.2) is 18.2 Å². The van der Waals surface area contributed by atoms with Gasteiger partial charge in [0.1, 0.15) is 5.60 Å². The molecule has 0 fully saturated rings. The van der Waals surface area contributed by atoms with Crippen LogP contribution in [0.5, 0.6) is 0 Å². The van der Waals surface area contributed by atoms with Gasteiger partial charge in [0.05, 0.1) is 6.04 Å². The fourth-order valence-electron chi connectivity index (χ4n) is 1.63. The topological polar surface area (TPSA) is 55.6 Å². The van der Waals surface area contributed by atoms with Gasteiger partial charge in [0.25, 0.3) is 0 Å². The summed E-state index contributed by atoms with van der Waals surface area (Å²) >= 11 is 0. The normalized spacial score (nSPS) is 12.9. The van der Waals surface area contributed by atoms with E-state index in [0.29, 0.717) is 0 Å². The molecule has 4 nitrogen and oxygen atoms in total. The average Bonchev–Trinajstić information content (AvgIpc) is 2.28. The Morgan fingerprint density at radius 1 is 1.37 bits per heavy atom. The van der Waals surface area contributed by atoms with Crippen LogP contribution in [-0.2, 0) is 4.74 Å².